The summed E-state index contributed by atoms with van der Waals surface area (Å²) >= 11 is 11.5. The summed E-state index contributed by atoms with van der Waals surface area (Å²) in [5, 5.41) is 3.95. The van der Waals surface area contributed by atoms with Crippen molar-refractivity contribution in [1.29, 1.82) is 0 Å². The van der Waals surface area contributed by atoms with E-state index in [2.05, 4.69) is 5.32 Å². The molecule has 0 radical (unpaired) electrons. The molecule has 2 aromatic rings. The minimum Gasteiger partial charge on any atom is -0.348 e. The van der Waals surface area contributed by atoms with Crippen molar-refractivity contribution in [2.45, 2.75) is 13.0 Å². The number of rotatable bonds is 1. The molecule has 1 atom stereocenters. The number of nitrogens with zero attached hydrogens (tertiary/aromatic N) is 1. The first-order chi connectivity index (χ1) is 9.65. The van der Waals surface area contributed by atoms with Crippen molar-refractivity contribution in [3.8, 4) is 0 Å². The van der Waals surface area contributed by atoms with Gasteiger partial charge in [-0.3, -0.25) is 4.99 Å². The highest BCUT2D eigenvalue weighted by Gasteiger charge is 2.20. The molecule has 1 unspecified atom stereocenters. The molecule has 0 fully saturated rings. The van der Waals surface area contributed by atoms with Gasteiger partial charge in [0.15, 0.2) is 0 Å². The van der Waals surface area contributed by atoms with Gasteiger partial charge in [0, 0.05) is 21.8 Å². The summed E-state index contributed by atoms with van der Waals surface area (Å²) in [5.41, 5.74) is 3.92. The van der Waals surface area contributed by atoms with Gasteiger partial charge in [-0.1, -0.05) is 54.2 Å². The molecule has 0 aliphatic carbocycles. The summed E-state index contributed by atoms with van der Waals surface area (Å²) in [6.07, 6.45) is 0. The molecule has 0 saturated heterocycles. The topological polar surface area (TPSA) is 24.4 Å². The zero-order valence-electron chi connectivity index (χ0n) is 10.9. The monoisotopic (exact) mass is 300 g/mol. The van der Waals surface area contributed by atoms with E-state index in [0.717, 1.165) is 27.5 Å². The summed E-state index contributed by atoms with van der Waals surface area (Å²) in [4.78, 5) is 5.49. The third-order valence-corrected chi connectivity index (χ3v) is 3.92. The molecular formula is C16H13ClN2S. The molecular weight excluding hydrogens is 288 g/mol. The summed E-state index contributed by atoms with van der Waals surface area (Å²) in [5.74, 6) is 0. The van der Waals surface area contributed by atoms with E-state index in [1.54, 1.807) is 0 Å². The summed E-state index contributed by atoms with van der Waals surface area (Å²) in [6.45, 7) is 1.99. The van der Waals surface area contributed by atoms with E-state index < -0.39 is 0 Å². The van der Waals surface area contributed by atoms with Crippen LogP contribution in [0.5, 0.6) is 0 Å². The number of thiocarbonyl (C=S) groups is 1. The number of fused-ring (bicyclic) bond motifs is 1. The molecule has 2 aromatic carbocycles. The lowest BCUT2D eigenvalue weighted by atomic mass is 10.0. The smallest absolute Gasteiger partial charge is 0.104 e. The Hall–Kier alpha value is -1.71. The van der Waals surface area contributed by atoms with Crippen molar-refractivity contribution in [2.75, 3.05) is 5.32 Å². The average molecular weight is 301 g/mol. The maximum Gasteiger partial charge on any atom is 0.104 e. The summed E-state index contributed by atoms with van der Waals surface area (Å²) in [7, 11) is 0. The zero-order valence-corrected chi connectivity index (χ0v) is 12.5. The normalized spacial score (nSPS) is 17.8. The fourth-order valence-electron chi connectivity index (χ4n) is 2.21. The number of benzodiazepines with no additional fused rings is 1. The Bertz CT molecular complexity index is 695. The number of halogens is 1. The average Bonchev–Trinajstić information content (AvgIpc) is 2.58. The standard InChI is InChI=1S/C16H13ClN2S/c1-10-16(20)19-14-8-7-12(17)9-13(14)15(18-10)11-5-3-2-4-6-11/h2-10H,1H3,(H,19,20). The second-order valence-corrected chi connectivity index (χ2v) is 5.58. The molecule has 0 aromatic heterocycles. The Morgan fingerprint density at radius 1 is 1.15 bits per heavy atom. The van der Waals surface area contributed by atoms with Crippen LogP contribution >= 0.6 is 23.8 Å². The maximum atomic E-state index is 6.14. The minimum atomic E-state index is -0.0635. The van der Waals surface area contributed by atoms with E-state index in [1.807, 2.05) is 55.5 Å². The summed E-state index contributed by atoms with van der Waals surface area (Å²) < 4.78 is 0. The largest absolute Gasteiger partial charge is 0.348 e. The van der Waals surface area contributed by atoms with E-state index in [4.69, 9.17) is 28.8 Å². The molecule has 1 aliphatic rings. The third-order valence-electron chi connectivity index (χ3n) is 3.24. The first-order valence-electron chi connectivity index (χ1n) is 6.39. The minimum absolute atomic E-state index is 0.0635. The van der Waals surface area contributed by atoms with Crippen LogP contribution < -0.4 is 5.32 Å². The van der Waals surface area contributed by atoms with Crippen molar-refractivity contribution in [3.05, 3.63) is 64.7 Å². The molecule has 0 bridgehead atoms. The molecule has 1 N–H and O–H groups in total. The fraction of sp³-hybridized carbons (Fsp3) is 0.125. The van der Waals surface area contributed by atoms with Gasteiger partial charge in [0.1, 0.15) is 4.99 Å². The Kier molecular flexibility index (Phi) is 3.55. The molecule has 4 heteroatoms. The number of nitrogens with one attached hydrogen (secondary N) is 1. The molecule has 3 rings (SSSR count). The van der Waals surface area contributed by atoms with Crippen molar-refractivity contribution in [1.82, 2.24) is 0 Å². The van der Waals surface area contributed by atoms with Crippen molar-refractivity contribution in [2.24, 2.45) is 4.99 Å². The van der Waals surface area contributed by atoms with Crippen LogP contribution in [-0.2, 0) is 0 Å². The second kappa shape index (κ2) is 5.35. The SMILES string of the molecule is CC1N=C(c2ccccc2)c2cc(Cl)ccc2NC1=S. The van der Waals surface area contributed by atoms with Crippen LogP contribution in [0.25, 0.3) is 0 Å². The van der Waals surface area contributed by atoms with Gasteiger partial charge in [0.25, 0.3) is 0 Å². The van der Waals surface area contributed by atoms with Gasteiger partial charge < -0.3 is 5.32 Å². The third kappa shape index (κ3) is 2.47. The second-order valence-electron chi connectivity index (χ2n) is 4.70. The molecule has 1 heterocycles. The van der Waals surface area contributed by atoms with Crippen LogP contribution in [0.4, 0.5) is 5.69 Å². The van der Waals surface area contributed by atoms with Crippen LogP contribution in [0, 0.1) is 0 Å². The highest BCUT2D eigenvalue weighted by Crippen LogP contribution is 2.27. The lowest BCUT2D eigenvalue weighted by Gasteiger charge is -2.10. The van der Waals surface area contributed by atoms with E-state index in [1.165, 1.54) is 0 Å². The summed E-state index contributed by atoms with van der Waals surface area (Å²) in [6, 6.07) is 15.8. The molecule has 2 nitrogen and oxygen atoms in total. The van der Waals surface area contributed by atoms with Crippen molar-refractivity contribution in [3.63, 3.8) is 0 Å². The molecule has 0 amide bonds. The zero-order chi connectivity index (χ0) is 14.1. The number of hydrogen-bond acceptors (Lipinski definition) is 2. The quantitative estimate of drug-likeness (QED) is 0.793. The fourth-order valence-corrected chi connectivity index (χ4v) is 2.54. The Labute approximate surface area is 128 Å². The highest BCUT2D eigenvalue weighted by atomic mass is 35.5. The van der Waals surface area contributed by atoms with E-state index >= 15 is 0 Å². The number of benzene rings is 2. The van der Waals surface area contributed by atoms with Crippen LogP contribution in [0.2, 0.25) is 5.02 Å². The Morgan fingerprint density at radius 2 is 1.90 bits per heavy atom. The van der Waals surface area contributed by atoms with Gasteiger partial charge >= 0.3 is 0 Å². The van der Waals surface area contributed by atoms with E-state index in [9.17, 15) is 0 Å². The van der Waals surface area contributed by atoms with E-state index in [-0.39, 0.29) is 6.04 Å². The molecule has 20 heavy (non-hydrogen) atoms. The van der Waals surface area contributed by atoms with Crippen LogP contribution in [0.3, 0.4) is 0 Å². The molecule has 1 aliphatic heterocycles. The van der Waals surface area contributed by atoms with Crippen LogP contribution in [0.15, 0.2) is 53.5 Å². The van der Waals surface area contributed by atoms with Crippen molar-refractivity contribution < 1.29 is 0 Å². The number of hydrogen-bond donors (Lipinski definition) is 1. The van der Waals surface area contributed by atoms with Gasteiger partial charge in [-0.2, -0.15) is 0 Å². The van der Waals surface area contributed by atoms with Gasteiger partial charge in [-0.05, 0) is 25.1 Å². The lowest BCUT2D eigenvalue weighted by Crippen LogP contribution is -2.20. The number of aliphatic imine (C=N–C) groups is 1. The van der Waals surface area contributed by atoms with E-state index in [0.29, 0.717) is 5.02 Å². The Balaban J connectivity index is 2.23. The molecule has 0 spiro atoms. The first-order valence-corrected chi connectivity index (χ1v) is 7.18. The van der Waals surface area contributed by atoms with Crippen molar-refractivity contribution >= 4 is 40.2 Å². The Morgan fingerprint density at radius 3 is 2.65 bits per heavy atom. The van der Waals surface area contributed by atoms with Crippen LogP contribution in [0.1, 0.15) is 18.1 Å². The lowest BCUT2D eigenvalue weighted by molar-refractivity contribution is 0.991. The van der Waals surface area contributed by atoms with Gasteiger partial charge in [-0.25, -0.2) is 0 Å². The highest BCUT2D eigenvalue weighted by molar-refractivity contribution is 7.80. The maximum absolute atomic E-state index is 6.14. The predicted molar refractivity (Wildman–Crippen MR) is 89.2 cm³/mol. The molecule has 0 saturated carbocycles. The van der Waals surface area contributed by atoms with Gasteiger partial charge in [0.05, 0.1) is 11.8 Å². The van der Waals surface area contributed by atoms with Gasteiger partial charge in [0.2, 0.25) is 0 Å². The predicted octanol–water partition coefficient (Wildman–Crippen LogP) is 4.32. The van der Waals surface area contributed by atoms with Gasteiger partial charge in [-0.15, -0.1) is 0 Å². The van der Waals surface area contributed by atoms with Crippen LogP contribution in [-0.4, -0.2) is 16.7 Å². The molecule has 100 valence electrons. The first kappa shape index (κ1) is 13.3. The number of anilines is 1.